The van der Waals surface area contributed by atoms with Gasteiger partial charge in [-0.3, -0.25) is 9.59 Å². The molecule has 0 aromatic carbocycles. The molecule has 19 heavy (non-hydrogen) atoms. The third-order valence-corrected chi connectivity index (χ3v) is 4.52. The molecule has 1 heterocycles. The van der Waals surface area contributed by atoms with Crippen molar-refractivity contribution in [2.45, 2.75) is 32.6 Å². The highest BCUT2D eigenvalue weighted by Gasteiger charge is 2.11. The Morgan fingerprint density at radius 1 is 1.47 bits per heavy atom. The van der Waals surface area contributed by atoms with E-state index in [1.807, 2.05) is 6.92 Å². The number of rotatable bonds is 8. The molecule has 1 rings (SSSR count). The highest BCUT2D eigenvalue weighted by molar-refractivity contribution is 9.11. The van der Waals surface area contributed by atoms with Crippen LogP contribution in [0.1, 0.15) is 43.0 Å². The van der Waals surface area contributed by atoms with E-state index in [1.165, 1.54) is 11.3 Å². The van der Waals surface area contributed by atoms with E-state index in [-0.39, 0.29) is 12.3 Å². The largest absolute Gasteiger partial charge is 0.481 e. The van der Waals surface area contributed by atoms with E-state index in [4.69, 9.17) is 5.11 Å². The minimum Gasteiger partial charge on any atom is -0.481 e. The van der Waals surface area contributed by atoms with Crippen LogP contribution in [0.25, 0.3) is 0 Å². The molecule has 4 nitrogen and oxygen atoms in total. The highest BCUT2D eigenvalue weighted by Crippen LogP contribution is 2.20. The zero-order valence-corrected chi connectivity index (χ0v) is 13.2. The lowest BCUT2D eigenvalue weighted by Gasteiger charge is -2.13. The number of hydrogen-bond acceptors (Lipinski definition) is 3. The van der Waals surface area contributed by atoms with Gasteiger partial charge < -0.3 is 10.4 Å². The Labute approximate surface area is 125 Å². The van der Waals surface area contributed by atoms with Crippen molar-refractivity contribution >= 4 is 39.1 Å². The van der Waals surface area contributed by atoms with E-state index in [9.17, 15) is 9.59 Å². The Morgan fingerprint density at radius 3 is 2.74 bits per heavy atom. The number of hydrogen-bond donors (Lipinski definition) is 2. The summed E-state index contributed by atoms with van der Waals surface area (Å²) in [7, 11) is 0. The van der Waals surface area contributed by atoms with Gasteiger partial charge in [0.1, 0.15) is 0 Å². The molecule has 0 bridgehead atoms. The van der Waals surface area contributed by atoms with Crippen LogP contribution in [0, 0.1) is 5.92 Å². The van der Waals surface area contributed by atoms with Crippen molar-refractivity contribution in [1.82, 2.24) is 5.32 Å². The third kappa shape index (κ3) is 6.20. The molecule has 2 N–H and O–H groups in total. The second-order valence-electron chi connectivity index (χ2n) is 4.39. The molecule has 0 aliphatic carbocycles. The quantitative estimate of drug-likeness (QED) is 0.755. The number of carboxylic acid groups (broad SMARTS) is 1. The van der Waals surface area contributed by atoms with E-state index >= 15 is 0 Å². The zero-order valence-electron chi connectivity index (χ0n) is 10.8. The first-order valence-electron chi connectivity index (χ1n) is 6.27. The smallest absolute Gasteiger partial charge is 0.303 e. The molecule has 0 aliphatic rings. The molecule has 106 valence electrons. The second kappa shape index (κ2) is 8.32. The lowest BCUT2D eigenvalue weighted by Crippen LogP contribution is -2.25. The number of carbonyl (C=O) groups is 2. The molecular formula is C13H18BrNO3S. The Morgan fingerprint density at radius 2 is 2.21 bits per heavy atom. The molecule has 0 aliphatic heterocycles. The van der Waals surface area contributed by atoms with Crippen molar-refractivity contribution in [3.05, 3.63) is 20.8 Å². The minimum absolute atomic E-state index is 0.0740. The summed E-state index contributed by atoms with van der Waals surface area (Å²) < 4.78 is 0.936. The average Bonchev–Trinajstić information content (AvgIpc) is 2.79. The fourth-order valence-electron chi connectivity index (χ4n) is 1.80. The van der Waals surface area contributed by atoms with Gasteiger partial charge in [-0.2, -0.15) is 0 Å². The number of amides is 1. The lowest BCUT2D eigenvalue weighted by atomic mass is 9.96. The monoisotopic (exact) mass is 347 g/mol. The van der Waals surface area contributed by atoms with E-state index in [1.54, 1.807) is 11.4 Å². The van der Waals surface area contributed by atoms with Crippen LogP contribution in [0.15, 0.2) is 15.2 Å². The van der Waals surface area contributed by atoms with Crippen molar-refractivity contribution in [2.75, 3.05) is 6.54 Å². The average molecular weight is 348 g/mol. The summed E-state index contributed by atoms with van der Waals surface area (Å²) in [6, 6.07) is 1.79. The number of carbonyl (C=O) groups excluding carboxylic acids is 1. The predicted molar refractivity (Wildman–Crippen MR) is 79.6 cm³/mol. The molecule has 0 saturated heterocycles. The number of nitrogens with one attached hydrogen (secondary N) is 1. The van der Waals surface area contributed by atoms with Crippen molar-refractivity contribution in [3.8, 4) is 0 Å². The maximum atomic E-state index is 11.8. The van der Waals surface area contributed by atoms with Crippen LogP contribution >= 0.6 is 27.3 Å². The van der Waals surface area contributed by atoms with Gasteiger partial charge in [-0.05, 0) is 40.8 Å². The highest BCUT2D eigenvalue weighted by atomic mass is 79.9. The van der Waals surface area contributed by atoms with Crippen LogP contribution in [0.3, 0.4) is 0 Å². The number of aliphatic carboxylic acids is 1. The summed E-state index contributed by atoms with van der Waals surface area (Å²) in [5.74, 6) is -0.480. The number of halogens is 1. The van der Waals surface area contributed by atoms with Crippen molar-refractivity contribution in [2.24, 2.45) is 5.92 Å². The van der Waals surface area contributed by atoms with Gasteiger partial charge in [0.2, 0.25) is 0 Å². The first kappa shape index (κ1) is 16.2. The van der Waals surface area contributed by atoms with Crippen molar-refractivity contribution < 1.29 is 14.7 Å². The predicted octanol–water partition coefficient (Wildman–Crippen LogP) is 3.52. The molecule has 0 saturated carbocycles. The Bertz CT molecular complexity index is 433. The molecule has 1 unspecified atom stereocenters. The molecule has 1 amide bonds. The van der Waals surface area contributed by atoms with E-state index in [0.717, 1.165) is 16.6 Å². The van der Waals surface area contributed by atoms with Gasteiger partial charge in [-0.15, -0.1) is 11.3 Å². The molecule has 1 atom stereocenters. The summed E-state index contributed by atoms with van der Waals surface area (Å²) in [5, 5.41) is 13.3. The van der Waals surface area contributed by atoms with Crippen LogP contribution < -0.4 is 5.32 Å². The summed E-state index contributed by atoms with van der Waals surface area (Å²) in [5.41, 5.74) is 0.662. The van der Waals surface area contributed by atoms with E-state index in [2.05, 4.69) is 21.2 Å². The van der Waals surface area contributed by atoms with Crippen LogP contribution in [0.4, 0.5) is 0 Å². The first-order valence-corrected chi connectivity index (χ1v) is 7.94. The Hall–Kier alpha value is -0.880. The summed E-state index contributed by atoms with van der Waals surface area (Å²) in [6.07, 6.45) is 2.63. The standard InChI is InChI=1S/C13H18BrNO3S/c1-2-9(3-4-12(16)17)5-6-15-13(18)10-7-11(14)19-8-10/h7-9H,2-6H2,1H3,(H,15,18)(H,16,17). The van der Waals surface area contributed by atoms with Gasteiger partial charge >= 0.3 is 5.97 Å². The van der Waals surface area contributed by atoms with Crippen LogP contribution in [-0.4, -0.2) is 23.5 Å². The molecule has 6 heteroatoms. The van der Waals surface area contributed by atoms with Gasteiger partial charge in [0, 0.05) is 18.3 Å². The summed E-state index contributed by atoms with van der Waals surface area (Å²) in [6.45, 7) is 2.63. The zero-order chi connectivity index (χ0) is 14.3. The molecule has 0 spiro atoms. The summed E-state index contributed by atoms with van der Waals surface area (Å²) in [4.78, 5) is 22.3. The number of thiophene rings is 1. The summed E-state index contributed by atoms with van der Waals surface area (Å²) >= 11 is 4.80. The SMILES string of the molecule is CCC(CCNC(=O)c1csc(Br)c1)CCC(=O)O. The topological polar surface area (TPSA) is 66.4 Å². The Balaban J connectivity index is 2.28. The van der Waals surface area contributed by atoms with Gasteiger partial charge in [-0.25, -0.2) is 0 Å². The van der Waals surface area contributed by atoms with Gasteiger partial charge in [0.05, 0.1) is 9.35 Å². The van der Waals surface area contributed by atoms with Gasteiger partial charge in [-0.1, -0.05) is 13.3 Å². The number of carboxylic acids is 1. The second-order valence-corrected chi connectivity index (χ2v) is 6.68. The molecular weight excluding hydrogens is 330 g/mol. The van der Waals surface area contributed by atoms with E-state index in [0.29, 0.717) is 24.4 Å². The molecule has 1 aromatic heterocycles. The van der Waals surface area contributed by atoms with Crippen LogP contribution in [0.2, 0.25) is 0 Å². The fraction of sp³-hybridized carbons (Fsp3) is 0.538. The van der Waals surface area contributed by atoms with Gasteiger partial charge in [0.15, 0.2) is 0 Å². The van der Waals surface area contributed by atoms with Crippen molar-refractivity contribution in [3.63, 3.8) is 0 Å². The van der Waals surface area contributed by atoms with Gasteiger partial charge in [0.25, 0.3) is 5.91 Å². The molecule has 0 radical (unpaired) electrons. The Kier molecular flexibility index (Phi) is 7.09. The van der Waals surface area contributed by atoms with E-state index < -0.39 is 5.97 Å². The van der Waals surface area contributed by atoms with Crippen LogP contribution in [-0.2, 0) is 4.79 Å². The van der Waals surface area contributed by atoms with Crippen LogP contribution in [0.5, 0.6) is 0 Å². The molecule has 0 fully saturated rings. The third-order valence-electron chi connectivity index (χ3n) is 3.01. The normalized spacial score (nSPS) is 12.1. The maximum Gasteiger partial charge on any atom is 0.303 e. The fourth-order valence-corrected chi connectivity index (χ4v) is 2.94. The minimum atomic E-state index is -0.759. The van der Waals surface area contributed by atoms with Crippen molar-refractivity contribution in [1.29, 1.82) is 0 Å². The maximum absolute atomic E-state index is 11.8. The first-order chi connectivity index (χ1) is 9.02. The lowest BCUT2D eigenvalue weighted by molar-refractivity contribution is -0.137. The molecule has 1 aromatic rings.